The van der Waals surface area contributed by atoms with E-state index in [0.29, 0.717) is 17.5 Å². The molecule has 0 saturated heterocycles. The summed E-state index contributed by atoms with van der Waals surface area (Å²) in [4.78, 5) is 15.0. The van der Waals surface area contributed by atoms with Crippen LogP contribution in [0.25, 0.3) is 94.7 Å². The van der Waals surface area contributed by atoms with Crippen LogP contribution in [0.4, 0.5) is 0 Å². The van der Waals surface area contributed by atoms with E-state index in [-0.39, 0.29) is 0 Å². The minimum absolute atomic E-state index is 0.650. The van der Waals surface area contributed by atoms with E-state index in [1.54, 1.807) is 0 Å². The molecule has 0 saturated carbocycles. The van der Waals surface area contributed by atoms with Crippen LogP contribution in [-0.2, 0) is 12.8 Å². The second-order valence-electron chi connectivity index (χ2n) is 15.3. The Hall–Kier alpha value is -6.85. The molecule has 0 fully saturated rings. The summed E-state index contributed by atoms with van der Waals surface area (Å²) in [5.74, 6) is 1.98. The van der Waals surface area contributed by atoms with Gasteiger partial charge < -0.3 is 8.98 Å². The van der Waals surface area contributed by atoms with Gasteiger partial charge in [-0.25, -0.2) is 15.0 Å². The van der Waals surface area contributed by atoms with Gasteiger partial charge in [-0.2, -0.15) is 0 Å². The Balaban J connectivity index is 1.02. The molecule has 0 bridgehead atoms. The molecule has 0 aliphatic heterocycles. The molecule has 0 atom stereocenters. The highest BCUT2D eigenvalue weighted by Crippen LogP contribution is 2.38. The smallest absolute Gasteiger partial charge is 0.164 e. The number of hydrogen-bond donors (Lipinski definition) is 0. The van der Waals surface area contributed by atoms with Crippen molar-refractivity contribution >= 4 is 43.7 Å². The van der Waals surface area contributed by atoms with Crippen molar-refractivity contribution in [1.29, 1.82) is 0 Å². The van der Waals surface area contributed by atoms with E-state index in [9.17, 15) is 0 Å². The van der Waals surface area contributed by atoms with Crippen molar-refractivity contribution in [3.05, 3.63) is 169 Å². The van der Waals surface area contributed by atoms with E-state index in [2.05, 4.69) is 158 Å². The molecule has 10 rings (SSSR count). The van der Waals surface area contributed by atoms with Crippen LogP contribution in [0.3, 0.4) is 0 Å². The Labute approximate surface area is 338 Å². The van der Waals surface area contributed by atoms with Crippen LogP contribution in [0, 0.1) is 0 Å². The molecule has 0 aliphatic carbocycles. The summed E-state index contributed by atoms with van der Waals surface area (Å²) in [6.45, 7) is 4.46. The van der Waals surface area contributed by atoms with Crippen molar-refractivity contribution in [2.24, 2.45) is 0 Å². The van der Waals surface area contributed by atoms with E-state index in [0.717, 1.165) is 75.6 Å². The fraction of sp³-hybridized carbons (Fsp3) is 0.151. The number of furan rings is 1. The van der Waals surface area contributed by atoms with Gasteiger partial charge in [-0.3, -0.25) is 0 Å². The molecule has 5 heteroatoms. The lowest BCUT2D eigenvalue weighted by molar-refractivity contribution is 0.658. The molecule has 3 aromatic heterocycles. The van der Waals surface area contributed by atoms with Gasteiger partial charge in [0.2, 0.25) is 0 Å². The number of para-hydroxylation sites is 2. The predicted octanol–water partition coefficient (Wildman–Crippen LogP) is 14.2. The molecular weight excluding hydrogens is 709 g/mol. The van der Waals surface area contributed by atoms with Gasteiger partial charge in [0.25, 0.3) is 0 Å². The number of unbranched alkanes of at least 4 members (excludes halogenated alkanes) is 2. The Morgan fingerprint density at radius 2 is 1.02 bits per heavy atom. The number of aryl methyl sites for hydroxylation is 2. The van der Waals surface area contributed by atoms with Gasteiger partial charge in [-0.15, -0.1) is 0 Å². The maximum Gasteiger partial charge on any atom is 0.164 e. The summed E-state index contributed by atoms with van der Waals surface area (Å²) in [5.41, 5.74) is 13.2. The minimum atomic E-state index is 0.650. The average Bonchev–Trinajstić information content (AvgIpc) is 3.83. The van der Waals surface area contributed by atoms with Crippen molar-refractivity contribution in [3.8, 4) is 51.0 Å². The zero-order chi connectivity index (χ0) is 39.0. The molecule has 282 valence electrons. The van der Waals surface area contributed by atoms with Gasteiger partial charge in [0.05, 0.1) is 11.0 Å². The third-order valence-electron chi connectivity index (χ3n) is 11.5. The van der Waals surface area contributed by atoms with Gasteiger partial charge in [0, 0.05) is 43.9 Å². The highest BCUT2D eigenvalue weighted by atomic mass is 16.3. The summed E-state index contributed by atoms with van der Waals surface area (Å²) in [6.07, 6.45) is 6.79. The van der Waals surface area contributed by atoms with Crippen LogP contribution < -0.4 is 0 Å². The third kappa shape index (κ3) is 6.53. The fourth-order valence-electron chi connectivity index (χ4n) is 8.34. The van der Waals surface area contributed by atoms with Crippen LogP contribution >= 0.6 is 0 Å². The normalized spacial score (nSPS) is 11.7. The van der Waals surface area contributed by atoms with Gasteiger partial charge in [-0.1, -0.05) is 130 Å². The molecule has 10 aromatic rings. The van der Waals surface area contributed by atoms with E-state index in [4.69, 9.17) is 19.4 Å². The number of aromatic nitrogens is 4. The number of rotatable bonds is 11. The van der Waals surface area contributed by atoms with E-state index >= 15 is 0 Å². The molecule has 0 N–H and O–H groups in total. The fourth-order valence-corrected chi connectivity index (χ4v) is 8.34. The quantitative estimate of drug-likeness (QED) is 0.132. The Kier molecular flexibility index (Phi) is 9.34. The van der Waals surface area contributed by atoms with E-state index in [1.165, 1.54) is 51.3 Å². The Bertz CT molecular complexity index is 3070. The van der Waals surface area contributed by atoms with Crippen LogP contribution in [0.5, 0.6) is 0 Å². The van der Waals surface area contributed by atoms with Gasteiger partial charge >= 0.3 is 0 Å². The number of nitrogens with zero attached hydrogens (tertiary/aromatic N) is 4. The van der Waals surface area contributed by atoms with Crippen molar-refractivity contribution in [2.45, 2.75) is 52.4 Å². The topological polar surface area (TPSA) is 56.7 Å². The summed E-state index contributed by atoms with van der Waals surface area (Å²) < 4.78 is 8.80. The molecule has 0 aliphatic rings. The molecule has 0 spiro atoms. The van der Waals surface area contributed by atoms with E-state index in [1.807, 2.05) is 18.2 Å². The second kappa shape index (κ2) is 15.2. The van der Waals surface area contributed by atoms with Crippen molar-refractivity contribution in [3.63, 3.8) is 0 Å². The molecule has 0 amide bonds. The van der Waals surface area contributed by atoms with Gasteiger partial charge in [0.1, 0.15) is 11.2 Å². The first-order valence-corrected chi connectivity index (χ1v) is 20.6. The molecule has 5 nitrogen and oxygen atoms in total. The lowest BCUT2D eigenvalue weighted by Gasteiger charge is -2.11. The molecule has 0 radical (unpaired) electrons. The van der Waals surface area contributed by atoms with Crippen LogP contribution in [0.1, 0.15) is 50.7 Å². The monoisotopic (exact) mass is 752 g/mol. The maximum absolute atomic E-state index is 6.44. The largest absolute Gasteiger partial charge is 0.456 e. The second-order valence-corrected chi connectivity index (χ2v) is 15.3. The zero-order valence-corrected chi connectivity index (χ0v) is 33.0. The lowest BCUT2D eigenvalue weighted by Crippen LogP contribution is -2.00. The molecule has 0 unspecified atom stereocenters. The van der Waals surface area contributed by atoms with Crippen molar-refractivity contribution < 1.29 is 4.42 Å². The first-order valence-electron chi connectivity index (χ1n) is 20.6. The number of hydrogen-bond acceptors (Lipinski definition) is 4. The summed E-state index contributed by atoms with van der Waals surface area (Å²) in [5, 5.41) is 4.78. The van der Waals surface area contributed by atoms with Gasteiger partial charge in [-0.05, 0) is 103 Å². The first-order chi connectivity index (χ1) is 28.6. The standard InChI is InChI=1S/C53H44N4O/c1-3-5-13-35-21-23-38(24-22-35)52-54-51(37-15-8-7-9-16-37)55-53(56-52)39-25-29-42(30-26-39)57-47-20-11-10-18-43(47)45-33-40(27-31-48(45)57)41-28-32-49-46(34-41)44-19-12-17-36(14-6-4-2)50(44)58-49/h7-12,15-34H,3-6,13-14H2,1-2H3. The molecular formula is C53H44N4O. The maximum atomic E-state index is 6.44. The predicted molar refractivity (Wildman–Crippen MR) is 240 cm³/mol. The first kappa shape index (κ1) is 35.6. The zero-order valence-electron chi connectivity index (χ0n) is 33.0. The van der Waals surface area contributed by atoms with Gasteiger partial charge in [0.15, 0.2) is 17.5 Å². The van der Waals surface area contributed by atoms with Crippen molar-refractivity contribution in [2.75, 3.05) is 0 Å². The summed E-state index contributed by atoms with van der Waals surface area (Å²) in [7, 11) is 0. The molecule has 3 heterocycles. The lowest BCUT2D eigenvalue weighted by atomic mass is 9.99. The Morgan fingerprint density at radius 3 is 1.74 bits per heavy atom. The van der Waals surface area contributed by atoms with E-state index < -0.39 is 0 Å². The highest BCUT2D eigenvalue weighted by Gasteiger charge is 2.17. The Morgan fingerprint density at radius 1 is 0.448 bits per heavy atom. The molecule has 58 heavy (non-hydrogen) atoms. The average molecular weight is 753 g/mol. The number of benzene rings is 7. The van der Waals surface area contributed by atoms with Crippen molar-refractivity contribution in [1.82, 2.24) is 19.5 Å². The third-order valence-corrected chi connectivity index (χ3v) is 11.5. The SMILES string of the molecule is CCCCc1ccc(-c2nc(-c3ccccc3)nc(-c3ccc(-n4c5ccccc5c5cc(-c6ccc7oc8c(CCCC)cccc8c7c6)ccc54)cc3)n2)cc1. The molecule has 7 aromatic carbocycles. The summed E-state index contributed by atoms with van der Waals surface area (Å²) >= 11 is 0. The summed E-state index contributed by atoms with van der Waals surface area (Å²) in [6, 6.07) is 56.1. The van der Waals surface area contributed by atoms with Crippen LogP contribution in [0.2, 0.25) is 0 Å². The highest BCUT2D eigenvalue weighted by molar-refractivity contribution is 6.11. The minimum Gasteiger partial charge on any atom is -0.456 e. The number of fused-ring (bicyclic) bond motifs is 6. The van der Waals surface area contributed by atoms with Crippen LogP contribution in [-0.4, -0.2) is 19.5 Å². The van der Waals surface area contributed by atoms with Crippen LogP contribution in [0.15, 0.2) is 162 Å².